The molecule has 0 aliphatic heterocycles. The second-order valence-electron chi connectivity index (χ2n) is 0. The van der Waals surface area contributed by atoms with E-state index < -0.39 is 0 Å². The first-order valence-corrected chi connectivity index (χ1v) is 0. The van der Waals surface area contributed by atoms with Crippen LogP contribution in [0.25, 0.3) is 0 Å². The standard InChI is InChI=1S/ClH.Li.H3P.H2S.H/h1H;;1H3;1H2;/q;+1;;;-1. The van der Waals surface area contributed by atoms with E-state index in [-0.39, 0.29) is 56.1 Å². The van der Waals surface area contributed by atoms with Gasteiger partial charge in [0.25, 0.3) is 0 Å². The number of halogens is 1. The second kappa shape index (κ2) is 22.6. The first-order valence-electron chi connectivity index (χ1n) is 0. The van der Waals surface area contributed by atoms with E-state index in [2.05, 4.69) is 0 Å². The van der Waals surface area contributed by atoms with Crippen molar-refractivity contribution in [1.82, 2.24) is 0 Å². The van der Waals surface area contributed by atoms with Crippen LogP contribution in [0, 0.1) is 0 Å². The Hall–Kier alpha value is 1.67. The van der Waals surface area contributed by atoms with E-state index in [4.69, 9.17) is 0 Å². The molecule has 0 saturated heterocycles. The average molecular weight is 112 g/mol. The van der Waals surface area contributed by atoms with Crippen molar-refractivity contribution >= 4 is 35.8 Å². The molecule has 0 aromatic rings. The van der Waals surface area contributed by atoms with E-state index in [1.165, 1.54) is 0 Å². The summed E-state index contributed by atoms with van der Waals surface area (Å²) in [6.07, 6.45) is 0. The number of hydrogen-bond donors (Lipinski definition) is 0. The van der Waals surface area contributed by atoms with Gasteiger partial charge in [0, 0.05) is 0 Å². The van der Waals surface area contributed by atoms with E-state index in [1.54, 1.807) is 0 Å². The van der Waals surface area contributed by atoms with Crippen molar-refractivity contribution in [3.8, 4) is 0 Å². The van der Waals surface area contributed by atoms with Crippen LogP contribution >= 0.6 is 35.8 Å². The van der Waals surface area contributed by atoms with Gasteiger partial charge in [0.05, 0.1) is 0 Å². The van der Waals surface area contributed by atoms with E-state index in [0.717, 1.165) is 0 Å². The summed E-state index contributed by atoms with van der Waals surface area (Å²) < 4.78 is 0. The van der Waals surface area contributed by atoms with Gasteiger partial charge in [0.1, 0.15) is 0 Å². The summed E-state index contributed by atoms with van der Waals surface area (Å²) in [5.74, 6) is 0. The van der Waals surface area contributed by atoms with Gasteiger partial charge in [-0.2, -0.15) is 23.4 Å². The Balaban J connectivity index is 0. The van der Waals surface area contributed by atoms with Gasteiger partial charge in [0.2, 0.25) is 0 Å². The Morgan fingerprint density at radius 3 is 1.25 bits per heavy atom. The van der Waals surface area contributed by atoms with Crippen molar-refractivity contribution in [3.63, 3.8) is 0 Å². The van der Waals surface area contributed by atoms with Crippen molar-refractivity contribution in [2.45, 2.75) is 0 Å². The van der Waals surface area contributed by atoms with E-state index >= 15 is 0 Å². The van der Waals surface area contributed by atoms with Crippen LogP contribution in [0.1, 0.15) is 1.43 Å². The molecule has 0 bridgehead atoms. The van der Waals surface area contributed by atoms with Crippen LogP contribution in [0.5, 0.6) is 0 Å². The Labute approximate surface area is 56.2 Å². The minimum Gasteiger partial charge on any atom is -1.00 e. The molecule has 0 aliphatic rings. The van der Waals surface area contributed by atoms with Gasteiger partial charge < -0.3 is 1.43 Å². The van der Waals surface area contributed by atoms with Gasteiger partial charge >= 0.3 is 18.9 Å². The second-order valence-corrected chi connectivity index (χ2v) is 0. The maximum Gasteiger partial charge on any atom is 1.00 e. The Bertz CT molecular complexity index is 11.6. The molecule has 0 heterocycles. The summed E-state index contributed by atoms with van der Waals surface area (Å²) in [5, 5.41) is 0. The summed E-state index contributed by atoms with van der Waals surface area (Å²) in [6, 6.07) is 0. The van der Waals surface area contributed by atoms with Crippen LogP contribution in [-0.2, 0) is 0 Å². The van der Waals surface area contributed by atoms with Gasteiger partial charge in [-0.1, -0.05) is 0 Å². The first-order chi connectivity index (χ1) is 0. The van der Waals surface area contributed by atoms with Gasteiger partial charge in [0.15, 0.2) is 0 Å². The summed E-state index contributed by atoms with van der Waals surface area (Å²) in [5.41, 5.74) is 0. The minimum absolute atomic E-state index is 0. The molecule has 1 unspecified atom stereocenters. The molecule has 26 valence electrons. The van der Waals surface area contributed by atoms with Crippen LogP contribution in [0.15, 0.2) is 0 Å². The molecule has 0 rings (SSSR count). The SMILES string of the molecule is Cl.P.S.[H-].[Li+]. The molecule has 0 fully saturated rings. The Morgan fingerprint density at radius 1 is 1.25 bits per heavy atom. The molecule has 0 aromatic heterocycles. The van der Waals surface area contributed by atoms with Gasteiger partial charge in [-0.15, -0.1) is 12.4 Å². The summed E-state index contributed by atoms with van der Waals surface area (Å²) in [6.45, 7) is 0. The largest absolute Gasteiger partial charge is 1.00 e. The molecule has 0 amide bonds. The van der Waals surface area contributed by atoms with E-state index in [1.807, 2.05) is 0 Å². The topological polar surface area (TPSA) is 0 Å². The number of rotatable bonds is 0. The van der Waals surface area contributed by atoms with Crippen LogP contribution in [0.4, 0.5) is 0 Å². The average Bonchev–Trinajstić information content (AvgIpc) is 0. The molecule has 0 aromatic carbocycles. The molecule has 0 saturated carbocycles. The van der Waals surface area contributed by atoms with Crippen molar-refractivity contribution in [1.29, 1.82) is 0 Å². The smallest absolute Gasteiger partial charge is 1.00 e. The fraction of sp³-hybridized carbons (Fsp3) is 0. The molecule has 0 aliphatic carbocycles. The maximum absolute atomic E-state index is 0. The van der Waals surface area contributed by atoms with Crippen LogP contribution in [0.2, 0.25) is 0 Å². The maximum atomic E-state index is 0. The third-order valence-electron chi connectivity index (χ3n) is 0. The summed E-state index contributed by atoms with van der Waals surface area (Å²) in [4.78, 5) is 0. The molecule has 0 nitrogen and oxygen atoms in total. The molecule has 4 heavy (non-hydrogen) atoms. The third kappa shape index (κ3) is 9.39. The van der Waals surface area contributed by atoms with Crippen LogP contribution < -0.4 is 18.9 Å². The molecule has 0 N–H and O–H groups in total. The first kappa shape index (κ1) is 44.4. The molecular formula is H7ClLiPS. The fourth-order valence-electron chi connectivity index (χ4n) is 0. The number of hydrogen-bond acceptors (Lipinski definition) is 0. The van der Waals surface area contributed by atoms with E-state index in [9.17, 15) is 0 Å². The fourth-order valence-corrected chi connectivity index (χ4v) is 0. The van der Waals surface area contributed by atoms with Crippen molar-refractivity contribution in [2.75, 3.05) is 0 Å². The third-order valence-corrected chi connectivity index (χ3v) is 0. The molecule has 4 heteroatoms. The summed E-state index contributed by atoms with van der Waals surface area (Å²) >= 11 is 0. The zero-order valence-electron chi connectivity index (χ0n) is 3.62. The van der Waals surface area contributed by atoms with Crippen molar-refractivity contribution in [3.05, 3.63) is 0 Å². The van der Waals surface area contributed by atoms with Crippen LogP contribution in [0.3, 0.4) is 0 Å². The van der Waals surface area contributed by atoms with Crippen LogP contribution in [-0.4, -0.2) is 0 Å². The minimum atomic E-state index is 0. The molecule has 1 atom stereocenters. The van der Waals surface area contributed by atoms with Gasteiger partial charge in [-0.3, -0.25) is 0 Å². The quantitative estimate of drug-likeness (QED) is 0.245. The normalized spacial score (nSPS) is 0. The van der Waals surface area contributed by atoms with Crippen molar-refractivity contribution < 1.29 is 20.3 Å². The Morgan fingerprint density at radius 2 is 1.25 bits per heavy atom. The Kier molecular flexibility index (Phi) is 251. The zero-order valence-corrected chi connectivity index (χ0v) is 5.85. The predicted octanol–water partition coefficient (Wildman–Crippen LogP) is -2.29. The molecule has 0 radical (unpaired) electrons. The van der Waals surface area contributed by atoms with Gasteiger partial charge in [-0.25, -0.2) is 0 Å². The monoisotopic (exact) mass is 112 g/mol. The molecular weight excluding hydrogens is 105 g/mol. The zero-order chi connectivity index (χ0) is 0. The van der Waals surface area contributed by atoms with E-state index in [0.29, 0.717) is 0 Å². The van der Waals surface area contributed by atoms with Crippen molar-refractivity contribution in [2.24, 2.45) is 0 Å². The van der Waals surface area contributed by atoms with Gasteiger partial charge in [-0.05, 0) is 0 Å². The molecule has 0 spiro atoms. The summed E-state index contributed by atoms with van der Waals surface area (Å²) in [7, 11) is 0. The predicted molar refractivity (Wildman–Crippen MR) is 29.8 cm³/mol.